The topological polar surface area (TPSA) is 21.1 Å². The van der Waals surface area contributed by atoms with E-state index >= 15 is 0 Å². The predicted octanol–water partition coefficient (Wildman–Crippen LogP) is 2.72. The van der Waals surface area contributed by atoms with E-state index in [0.717, 1.165) is 5.69 Å². The minimum absolute atomic E-state index is 0.0220. The van der Waals surface area contributed by atoms with Crippen LogP contribution in [0.4, 0.5) is 4.39 Å². The second-order valence-corrected chi connectivity index (χ2v) is 5.57. The van der Waals surface area contributed by atoms with Gasteiger partial charge in [0.2, 0.25) is 0 Å². The van der Waals surface area contributed by atoms with Crippen LogP contribution in [0.5, 0.6) is 0 Å². The number of nitrogens with zero attached hydrogens (tertiary/aromatic N) is 3. The lowest BCUT2D eigenvalue weighted by Gasteiger charge is -2.34. The number of fused-ring (bicyclic) bond motifs is 1. The molecule has 0 saturated heterocycles. The van der Waals surface area contributed by atoms with Gasteiger partial charge in [-0.15, -0.1) is 0 Å². The van der Waals surface area contributed by atoms with E-state index in [1.54, 1.807) is 17.8 Å². The molecular formula is C10H15FIN3. The van der Waals surface area contributed by atoms with Crippen LogP contribution in [-0.2, 0) is 12.8 Å². The molecule has 2 heterocycles. The van der Waals surface area contributed by atoms with Gasteiger partial charge in [-0.1, -0.05) is 22.6 Å². The Kier molecular flexibility index (Phi) is 2.57. The lowest BCUT2D eigenvalue weighted by atomic mass is 10.1. The van der Waals surface area contributed by atoms with E-state index in [9.17, 15) is 4.39 Å². The summed E-state index contributed by atoms with van der Waals surface area (Å²) in [6.07, 6.45) is 1.78. The van der Waals surface area contributed by atoms with Crippen molar-refractivity contribution in [1.82, 2.24) is 14.7 Å². The van der Waals surface area contributed by atoms with Crippen molar-refractivity contribution in [2.45, 2.75) is 36.7 Å². The van der Waals surface area contributed by atoms with Crippen LogP contribution in [0.2, 0.25) is 0 Å². The first-order chi connectivity index (χ1) is 6.85. The lowest BCUT2D eigenvalue weighted by molar-refractivity contribution is -0.0325. The molecule has 2 unspecified atom stereocenters. The van der Waals surface area contributed by atoms with Crippen LogP contribution >= 0.6 is 22.6 Å². The van der Waals surface area contributed by atoms with Gasteiger partial charge in [-0.25, -0.2) is 9.29 Å². The smallest absolute Gasteiger partial charge is 0.191 e. The van der Waals surface area contributed by atoms with Crippen LogP contribution in [0.1, 0.15) is 36.1 Å². The number of hydrogen-bond acceptors (Lipinski definition) is 2. The Morgan fingerprint density at radius 1 is 1.60 bits per heavy atom. The first kappa shape index (κ1) is 11.3. The van der Waals surface area contributed by atoms with Crippen molar-refractivity contribution in [2.75, 3.05) is 0 Å². The fourth-order valence-electron chi connectivity index (χ4n) is 2.26. The SMILES string of the molecule is CC(C)N1C(I)c2nn(C)cc2C1(C)F. The van der Waals surface area contributed by atoms with Crippen LogP contribution in [0.3, 0.4) is 0 Å². The molecule has 0 radical (unpaired) electrons. The molecule has 1 aromatic rings. The summed E-state index contributed by atoms with van der Waals surface area (Å²) in [4.78, 5) is 1.85. The summed E-state index contributed by atoms with van der Waals surface area (Å²) in [5.41, 5.74) is 1.56. The Morgan fingerprint density at radius 2 is 2.20 bits per heavy atom. The number of alkyl halides is 2. The van der Waals surface area contributed by atoms with Crippen molar-refractivity contribution in [3.8, 4) is 0 Å². The van der Waals surface area contributed by atoms with Crippen LogP contribution in [0.25, 0.3) is 0 Å². The van der Waals surface area contributed by atoms with Gasteiger partial charge in [0.05, 0.1) is 5.69 Å². The highest BCUT2D eigenvalue weighted by atomic mass is 127. The summed E-state index contributed by atoms with van der Waals surface area (Å²) in [7, 11) is 1.83. The molecule has 1 aliphatic heterocycles. The van der Waals surface area contributed by atoms with Crippen molar-refractivity contribution < 1.29 is 4.39 Å². The standard InChI is InChI=1S/C10H15FIN3/c1-6(2)15-9(12)8-7(10(15,3)11)5-14(4)13-8/h5-6,9H,1-4H3. The highest BCUT2D eigenvalue weighted by molar-refractivity contribution is 14.1. The Hall–Kier alpha value is -0.170. The summed E-state index contributed by atoms with van der Waals surface area (Å²) < 4.78 is 16.4. The van der Waals surface area contributed by atoms with E-state index in [1.807, 2.05) is 25.8 Å². The largest absolute Gasteiger partial charge is 0.275 e. The summed E-state index contributed by atoms with van der Waals surface area (Å²) in [6, 6.07) is 0.168. The zero-order valence-electron chi connectivity index (χ0n) is 9.33. The molecule has 0 spiro atoms. The number of rotatable bonds is 1. The molecule has 1 aliphatic rings. The molecule has 0 amide bonds. The summed E-state index contributed by atoms with van der Waals surface area (Å²) in [6.45, 7) is 5.64. The van der Waals surface area contributed by atoms with Gasteiger partial charge in [0.15, 0.2) is 5.79 Å². The molecule has 15 heavy (non-hydrogen) atoms. The number of aromatic nitrogens is 2. The molecule has 0 fully saturated rings. The molecule has 0 saturated carbocycles. The summed E-state index contributed by atoms with van der Waals surface area (Å²) in [5.74, 6) is -1.40. The fraction of sp³-hybridized carbons (Fsp3) is 0.700. The molecule has 3 nitrogen and oxygen atoms in total. The van der Waals surface area contributed by atoms with E-state index < -0.39 is 5.79 Å². The third-order valence-corrected chi connectivity index (χ3v) is 4.05. The zero-order chi connectivity index (χ0) is 11.4. The van der Waals surface area contributed by atoms with Crippen LogP contribution in [0.15, 0.2) is 6.20 Å². The van der Waals surface area contributed by atoms with E-state index in [-0.39, 0.29) is 10.1 Å². The third kappa shape index (κ3) is 1.51. The fourth-order valence-corrected chi connectivity index (χ4v) is 3.89. The van der Waals surface area contributed by atoms with E-state index in [1.165, 1.54) is 0 Å². The number of halogens is 2. The first-order valence-electron chi connectivity index (χ1n) is 5.01. The second-order valence-electron chi connectivity index (χ2n) is 4.39. The van der Waals surface area contributed by atoms with Crippen molar-refractivity contribution in [3.63, 3.8) is 0 Å². The van der Waals surface area contributed by atoms with Gasteiger partial charge in [0.1, 0.15) is 4.05 Å². The predicted molar refractivity (Wildman–Crippen MR) is 65.4 cm³/mol. The maximum absolute atomic E-state index is 14.7. The average Bonchev–Trinajstić information content (AvgIpc) is 2.52. The van der Waals surface area contributed by atoms with Gasteiger partial charge in [-0.3, -0.25) is 4.68 Å². The highest BCUT2D eigenvalue weighted by Gasteiger charge is 2.50. The molecule has 0 bridgehead atoms. The Balaban J connectivity index is 2.52. The van der Waals surface area contributed by atoms with E-state index in [2.05, 4.69) is 27.7 Å². The maximum atomic E-state index is 14.7. The van der Waals surface area contributed by atoms with E-state index in [4.69, 9.17) is 0 Å². The Labute approximate surface area is 103 Å². The normalized spacial score (nSPS) is 31.3. The summed E-state index contributed by atoms with van der Waals surface area (Å²) >= 11 is 2.25. The summed E-state index contributed by atoms with van der Waals surface area (Å²) in [5, 5.41) is 4.33. The molecule has 0 N–H and O–H groups in total. The van der Waals surface area contributed by atoms with Gasteiger partial charge in [-0.05, 0) is 20.8 Å². The zero-order valence-corrected chi connectivity index (χ0v) is 11.5. The second kappa shape index (κ2) is 3.41. The maximum Gasteiger partial charge on any atom is 0.191 e. The first-order valence-corrected chi connectivity index (χ1v) is 6.25. The van der Waals surface area contributed by atoms with Gasteiger partial charge in [-0.2, -0.15) is 5.10 Å². The van der Waals surface area contributed by atoms with Gasteiger partial charge in [0.25, 0.3) is 0 Å². The van der Waals surface area contributed by atoms with Crippen molar-refractivity contribution >= 4 is 22.6 Å². The third-order valence-electron chi connectivity index (χ3n) is 2.86. The molecule has 0 aromatic carbocycles. The van der Waals surface area contributed by atoms with Crippen LogP contribution in [0, 0.1) is 0 Å². The van der Waals surface area contributed by atoms with Crippen molar-refractivity contribution in [1.29, 1.82) is 0 Å². The molecular weight excluding hydrogens is 308 g/mol. The van der Waals surface area contributed by atoms with E-state index in [0.29, 0.717) is 5.56 Å². The van der Waals surface area contributed by atoms with Crippen molar-refractivity contribution in [3.05, 3.63) is 17.5 Å². The van der Waals surface area contributed by atoms with Crippen LogP contribution < -0.4 is 0 Å². The Bertz CT molecular complexity index is 386. The quantitative estimate of drug-likeness (QED) is 0.450. The molecule has 2 rings (SSSR count). The van der Waals surface area contributed by atoms with Gasteiger partial charge < -0.3 is 0 Å². The van der Waals surface area contributed by atoms with Crippen molar-refractivity contribution in [2.24, 2.45) is 7.05 Å². The monoisotopic (exact) mass is 323 g/mol. The number of aryl methyl sites for hydroxylation is 1. The molecule has 5 heteroatoms. The molecule has 0 aliphatic carbocycles. The minimum Gasteiger partial charge on any atom is -0.275 e. The Morgan fingerprint density at radius 3 is 2.67 bits per heavy atom. The van der Waals surface area contributed by atoms with Crippen LogP contribution in [-0.4, -0.2) is 20.7 Å². The number of hydrogen-bond donors (Lipinski definition) is 0. The van der Waals surface area contributed by atoms with Gasteiger partial charge >= 0.3 is 0 Å². The highest BCUT2D eigenvalue weighted by Crippen LogP contribution is 2.50. The molecule has 84 valence electrons. The minimum atomic E-state index is -1.40. The molecule has 1 aromatic heterocycles. The molecule has 2 atom stereocenters. The lowest BCUT2D eigenvalue weighted by Crippen LogP contribution is -2.40. The van der Waals surface area contributed by atoms with Gasteiger partial charge in [0, 0.05) is 24.8 Å². The average molecular weight is 323 g/mol.